The van der Waals surface area contributed by atoms with Gasteiger partial charge in [-0.2, -0.15) is 5.26 Å². The molecule has 1 aliphatic rings. The van der Waals surface area contributed by atoms with E-state index in [1.54, 1.807) is 0 Å². The molecule has 2 rings (SSSR count). The Hall–Kier alpha value is -2.74. The summed E-state index contributed by atoms with van der Waals surface area (Å²) >= 11 is 0. The minimum Gasteiger partial charge on any atom is -0.461 e. The molecule has 1 aliphatic heterocycles. The van der Waals surface area contributed by atoms with E-state index >= 15 is 0 Å². The van der Waals surface area contributed by atoms with Crippen LogP contribution in [0.25, 0.3) is 5.57 Å². The maximum absolute atomic E-state index is 11.7. The van der Waals surface area contributed by atoms with Gasteiger partial charge in [-0.1, -0.05) is 0 Å². The minimum atomic E-state index is -0.507. The van der Waals surface area contributed by atoms with E-state index in [4.69, 9.17) is 14.7 Å². The van der Waals surface area contributed by atoms with Crippen LogP contribution in [0.1, 0.15) is 32.8 Å². The van der Waals surface area contributed by atoms with E-state index in [0.717, 1.165) is 35.7 Å². The third-order valence-corrected chi connectivity index (χ3v) is 3.82. The molecule has 5 nitrogen and oxygen atoms in total. The number of esters is 1. The summed E-state index contributed by atoms with van der Waals surface area (Å²) in [5.41, 5.74) is 3.13. The molecule has 0 aromatic heterocycles. The van der Waals surface area contributed by atoms with Gasteiger partial charge >= 0.3 is 5.97 Å². The number of hydrogen-bond acceptors (Lipinski definition) is 5. The fourth-order valence-electron chi connectivity index (χ4n) is 2.58. The van der Waals surface area contributed by atoms with E-state index < -0.39 is 5.97 Å². The number of anilines is 1. The number of allylic oxidation sites excluding steroid dienone is 2. The van der Waals surface area contributed by atoms with Crippen molar-refractivity contribution in [2.24, 2.45) is 0 Å². The predicted molar refractivity (Wildman–Crippen MR) is 93.6 cm³/mol. The minimum absolute atomic E-state index is 0.0878. The lowest BCUT2D eigenvalue weighted by Gasteiger charge is -2.24. The highest BCUT2D eigenvalue weighted by Crippen LogP contribution is 2.36. The van der Waals surface area contributed by atoms with Crippen LogP contribution in [0.15, 0.2) is 36.1 Å². The zero-order valence-corrected chi connectivity index (χ0v) is 14.3. The van der Waals surface area contributed by atoms with E-state index in [0.29, 0.717) is 5.76 Å². The number of nitriles is 1. The van der Waals surface area contributed by atoms with Crippen molar-refractivity contribution < 1.29 is 14.3 Å². The first kappa shape index (κ1) is 17.6. The Balaban J connectivity index is 2.21. The van der Waals surface area contributed by atoms with E-state index in [1.807, 2.05) is 31.2 Å². The smallest absolute Gasteiger partial charge is 0.334 e. The Morgan fingerprint density at radius 1 is 1.38 bits per heavy atom. The Bertz CT molecular complexity index is 710. The van der Waals surface area contributed by atoms with Crippen LogP contribution in [0.3, 0.4) is 0 Å². The molecule has 0 unspecified atom stereocenters. The number of carbonyl (C=O) groups is 1. The van der Waals surface area contributed by atoms with E-state index in [-0.39, 0.29) is 13.0 Å². The first-order valence-electron chi connectivity index (χ1n) is 8.10. The lowest BCUT2D eigenvalue weighted by Crippen LogP contribution is -2.22. The number of hydrogen-bond donors (Lipinski definition) is 0. The largest absolute Gasteiger partial charge is 0.461 e. The molecule has 0 saturated heterocycles. The van der Waals surface area contributed by atoms with Crippen molar-refractivity contribution in [1.82, 2.24) is 0 Å². The zero-order valence-electron chi connectivity index (χ0n) is 14.3. The van der Waals surface area contributed by atoms with Crippen LogP contribution < -0.4 is 9.64 Å². The van der Waals surface area contributed by atoms with Gasteiger partial charge < -0.3 is 14.4 Å². The highest BCUT2D eigenvalue weighted by Gasteiger charge is 2.17. The number of rotatable bonds is 6. The predicted octanol–water partition coefficient (Wildman–Crippen LogP) is 3.67. The van der Waals surface area contributed by atoms with Gasteiger partial charge in [-0.05, 0) is 44.6 Å². The number of nitrogens with zero attached hydrogens (tertiary/aromatic N) is 2. The monoisotopic (exact) mass is 326 g/mol. The number of fused-ring (bicyclic) bond motifs is 1. The molecule has 0 saturated carbocycles. The summed E-state index contributed by atoms with van der Waals surface area (Å²) in [4.78, 5) is 14.0. The Labute approximate surface area is 142 Å². The van der Waals surface area contributed by atoms with Crippen molar-refractivity contribution >= 4 is 17.2 Å². The van der Waals surface area contributed by atoms with Crippen LogP contribution in [-0.4, -0.2) is 25.7 Å². The highest BCUT2D eigenvalue weighted by molar-refractivity contribution is 5.85. The van der Waals surface area contributed by atoms with Crippen LogP contribution in [0, 0.1) is 11.3 Å². The molecule has 1 aromatic carbocycles. The summed E-state index contributed by atoms with van der Waals surface area (Å²) in [5, 5.41) is 8.46. The van der Waals surface area contributed by atoms with Gasteiger partial charge in [0.05, 0.1) is 18.6 Å². The summed E-state index contributed by atoms with van der Waals surface area (Å²) in [6, 6.07) is 8.04. The molecule has 1 aromatic rings. The van der Waals surface area contributed by atoms with Gasteiger partial charge in [0.15, 0.2) is 0 Å². The Kier molecular flexibility index (Phi) is 6.02. The van der Waals surface area contributed by atoms with Crippen LogP contribution in [0.4, 0.5) is 5.69 Å². The topological polar surface area (TPSA) is 62.6 Å². The van der Waals surface area contributed by atoms with Crippen molar-refractivity contribution in [3.8, 4) is 11.8 Å². The first-order chi connectivity index (χ1) is 11.6. The summed E-state index contributed by atoms with van der Waals surface area (Å²) in [7, 11) is 0. The maximum Gasteiger partial charge on any atom is 0.334 e. The van der Waals surface area contributed by atoms with Gasteiger partial charge in [0.25, 0.3) is 0 Å². The molecule has 0 fully saturated rings. The zero-order chi connectivity index (χ0) is 17.5. The normalized spacial score (nSPS) is 14.2. The maximum atomic E-state index is 11.7. The molecule has 0 N–H and O–H groups in total. The van der Waals surface area contributed by atoms with Gasteiger partial charge in [-0.25, -0.2) is 4.79 Å². The van der Waals surface area contributed by atoms with Crippen molar-refractivity contribution in [2.75, 3.05) is 24.6 Å². The molecule has 0 spiro atoms. The molecule has 24 heavy (non-hydrogen) atoms. The molecular weight excluding hydrogens is 304 g/mol. The second-order valence-corrected chi connectivity index (χ2v) is 5.40. The quantitative estimate of drug-likeness (QED) is 0.453. The Morgan fingerprint density at radius 3 is 2.79 bits per heavy atom. The Morgan fingerprint density at radius 2 is 2.12 bits per heavy atom. The molecule has 1 heterocycles. The lowest BCUT2D eigenvalue weighted by atomic mass is 10.0. The standard InChI is InChI=1S/C19H22N2O3/c1-4-21(5-2)15-7-8-17-14(3)11-16(24-18(17)12-15)13-19(22)23-10-6-9-20/h7-8,11-13H,4-6,10H2,1-3H3. The first-order valence-corrected chi connectivity index (χ1v) is 8.10. The molecule has 0 radical (unpaired) electrons. The van der Waals surface area contributed by atoms with Gasteiger partial charge in [0, 0.05) is 30.4 Å². The second-order valence-electron chi connectivity index (χ2n) is 5.40. The summed E-state index contributed by atoms with van der Waals surface area (Å²) in [6.07, 6.45) is 3.31. The fourth-order valence-corrected chi connectivity index (χ4v) is 2.58. The highest BCUT2D eigenvalue weighted by atomic mass is 16.5. The van der Waals surface area contributed by atoms with Crippen LogP contribution in [0.5, 0.6) is 5.75 Å². The number of carbonyl (C=O) groups excluding carboxylic acids is 1. The van der Waals surface area contributed by atoms with Gasteiger partial charge in [0.1, 0.15) is 18.1 Å². The number of ether oxygens (including phenoxy) is 2. The molecule has 5 heteroatoms. The van der Waals surface area contributed by atoms with Crippen molar-refractivity contribution in [2.45, 2.75) is 27.2 Å². The molecule has 126 valence electrons. The van der Waals surface area contributed by atoms with Crippen LogP contribution in [-0.2, 0) is 9.53 Å². The SMILES string of the molecule is CCN(CC)c1ccc2c(c1)OC(=CC(=O)OCCC#N)C=C2C. The second kappa shape index (κ2) is 8.21. The van der Waals surface area contributed by atoms with Gasteiger partial charge in [-0.3, -0.25) is 0 Å². The molecule has 0 amide bonds. The number of benzene rings is 1. The average molecular weight is 326 g/mol. The van der Waals surface area contributed by atoms with Crippen molar-refractivity contribution in [3.63, 3.8) is 0 Å². The van der Waals surface area contributed by atoms with Gasteiger partial charge in [-0.15, -0.1) is 0 Å². The van der Waals surface area contributed by atoms with Crippen LogP contribution in [0.2, 0.25) is 0 Å². The summed E-state index contributed by atoms with van der Waals surface area (Å²) < 4.78 is 10.8. The van der Waals surface area contributed by atoms with Crippen molar-refractivity contribution in [3.05, 3.63) is 41.7 Å². The van der Waals surface area contributed by atoms with E-state index in [2.05, 4.69) is 24.8 Å². The molecule has 0 bridgehead atoms. The average Bonchev–Trinajstić information content (AvgIpc) is 2.56. The molecular formula is C19H22N2O3. The summed E-state index contributed by atoms with van der Waals surface area (Å²) in [6.45, 7) is 8.11. The fraction of sp³-hybridized carbons (Fsp3) is 0.368. The third kappa shape index (κ3) is 4.17. The van der Waals surface area contributed by atoms with Crippen molar-refractivity contribution in [1.29, 1.82) is 5.26 Å². The van der Waals surface area contributed by atoms with Gasteiger partial charge in [0.2, 0.25) is 0 Å². The third-order valence-electron chi connectivity index (χ3n) is 3.82. The summed E-state index contributed by atoms with van der Waals surface area (Å²) in [5.74, 6) is 0.668. The van der Waals surface area contributed by atoms with E-state index in [1.165, 1.54) is 6.08 Å². The lowest BCUT2D eigenvalue weighted by molar-refractivity contribution is -0.137. The van der Waals surface area contributed by atoms with Crippen LogP contribution >= 0.6 is 0 Å². The molecule has 0 aliphatic carbocycles. The molecule has 0 atom stereocenters. The van der Waals surface area contributed by atoms with E-state index in [9.17, 15) is 4.79 Å².